The van der Waals surface area contributed by atoms with Crippen molar-refractivity contribution < 1.29 is 9.47 Å². The molecule has 0 amide bonds. The minimum absolute atomic E-state index is 0.0766. The van der Waals surface area contributed by atoms with E-state index in [0.29, 0.717) is 17.0 Å². The zero-order chi connectivity index (χ0) is 12.6. The van der Waals surface area contributed by atoms with E-state index in [-0.39, 0.29) is 20.7 Å². The predicted octanol–water partition coefficient (Wildman–Crippen LogP) is 4.39. The standard InChI is InChI=1S/C10H5Cl4NO2/c11-8(12)7-5-3-4(15)1-2-6(5)16-10(17-7)9(13)14/h1-3H,15H2. The molecule has 0 bridgehead atoms. The minimum atomic E-state index is -0.167. The highest BCUT2D eigenvalue weighted by Gasteiger charge is 2.25. The summed E-state index contributed by atoms with van der Waals surface area (Å²) >= 11 is 22.6. The molecule has 0 unspecified atom stereocenters. The third-order valence-electron chi connectivity index (χ3n) is 1.97. The molecule has 0 saturated heterocycles. The maximum Gasteiger partial charge on any atom is 0.322 e. The maximum absolute atomic E-state index is 5.72. The highest BCUT2D eigenvalue weighted by atomic mass is 35.5. The van der Waals surface area contributed by atoms with Crippen molar-refractivity contribution in [3.63, 3.8) is 0 Å². The molecule has 2 N–H and O–H groups in total. The molecule has 0 fully saturated rings. The van der Waals surface area contributed by atoms with E-state index >= 15 is 0 Å². The molecule has 90 valence electrons. The van der Waals surface area contributed by atoms with E-state index in [0.717, 1.165) is 0 Å². The second-order valence-corrected chi connectivity index (χ2v) is 5.00. The molecule has 1 aliphatic rings. The number of nitrogens with two attached hydrogens (primary N) is 1. The molecule has 2 rings (SSSR count). The second kappa shape index (κ2) is 4.86. The molecule has 7 heteroatoms. The molecule has 1 aliphatic heterocycles. The third-order valence-corrected chi connectivity index (χ3v) is 2.62. The van der Waals surface area contributed by atoms with Gasteiger partial charge in [-0.25, -0.2) is 0 Å². The van der Waals surface area contributed by atoms with Crippen LogP contribution in [0, 0.1) is 0 Å². The van der Waals surface area contributed by atoms with Gasteiger partial charge in [0.15, 0.2) is 10.3 Å². The zero-order valence-electron chi connectivity index (χ0n) is 8.14. The van der Waals surface area contributed by atoms with Crippen LogP contribution in [0.25, 0.3) is 5.76 Å². The highest BCUT2D eigenvalue weighted by Crippen LogP contribution is 2.41. The zero-order valence-corrected chi connectivity index (χ0v) is 11.2. The number of nitrogen functional groups attached to an aromatic ring is 1. The largest absolute Gasteiger partial charge is 0.423 e. The third kappa shape index (κ3) is 2.58. The summed E-state index contributed by atoms with van der Waals surface area (Å²) in [7, 11) is 0. The molecular weight excluding hydrogens is 308 g/mol. The Hall–Kier alpha value is -0.740. The Bertz CT molecular complexity index is 531. The van der Waals surface area contributed by atoms with Crippen LogP contribution in [0.3, 0.4) is 0 Å². The normalized spacial score (nSPS) is 13.6. The number of hydrogen-bond donors (Lipinski definition) is 1. The Balaban J connectivity index is 2.62. The molecule has 0 radical (unpaired) electrons. The number of fused-ring (bicyclic) bond motifs is 1. The molecular formula is C10H5Cl4NO2. The number of rotatable bonds is 0. The van der Waals surface area contributed by atoms with E-state index in [1.165, 1.54) is 0 Å². The smallest absolute Gasteiger partial charge is 0.322 e. The van der Waals surface area contributed by atoms with Crippen LogP contribution in [0.5, 0.6) is 5.75 Å². The van der Waals surface area contributed by atoms with Gasteiger partial charge in [0, 0.05) is 5.69 Å². The Morgan fingerprint density at radius 2 is 1.71 bits per heavy atom. The SMILES string of the molecule is Nc1ccc2c(c1)C(=C(Cl)Cl)OC(=C(Cl)Cl)O2. The van der Waals surface area contributed by atoms with Crippen molar-refractivity contribution in [2.75, 3.05) is 5.73 Å². The monoisotopic (exact) mass is 311 g/mol. The van der Waals surface area contributed by atoms with Crippen LogP contribution < -0.4 is 10.5 Å². The summed E-state index contributed by atoms with van der Waals surface area (Å²) in [6, 6.07) is 4.92. The first kappa shape index (κ1) is 12.7. The number of anilines is 1. The van der Waals surface area contributed by atoms with Crippen LogP contribution in [0.1, 0.15) is 5.56 Å². The van der Waals surface area contributed by atoms with Gasteiger partial charge in [-0.1, -0.05) is 46.4 Å². The first-order chi connectivity index (χ1) is 7.99. The van der Waals surface area contributed by atoms with Gasteiger partial charge >= 0.3 is 5.95 Å². The average Bonchev–Trinajstić information content (AvgIpc) is 2.27. The number of hydrogen-bond acceptors (Lipinski definition) is 3. The predicted molar refractivity (Wildman–Crippen MR) is 69.9 cm³/mol. The molecule has 0 aromatic heterocycles. The lowest BCUT2D eigenvalue weighted by molar-refractivity contribution is 0.184. The van der Waals surface area contributed by atoms with E-state index in [9.17, 15) is 0 Å². The topological polar surface area (TPSA) is 44.5 Å². The molecule has 0 aliphatic carbocycles. The summed E-state index contributed by atoms with van der Waals surface area (Å²) in [4.78, 5) is 0. The Morgan fingerprint density at radius 1 is 1.00 bits per heavy atom. The van der Waals surface area contributed by atoms with Gasteiger partial charge in [0.2, 0.25) is 0 Å². The first-order valence-electron chi connectivity index (χ1n) is 4.35. The van der Waals surface area contributed by atoms with Gasteiger partial charge in [0.05, 0.1) is 5.56 Å². The lowest BCUT2D eigenvalue weighted by Crippen LogP contribution is -2.10. The Morgan fingerprint density at radius 3 is 2.29 bits per heavy atom. The van der Waals surface area contributed by atoms with Crippen molar-refractivity contribution in [1.29, 1.82) is 0 Å². The van der Waals surface area contributed by atoms with Crippen LogP contribution in [0.15, 0.2) is 33.1 Å². The van der Waals surface area contributed by atoms with Crippen molar-refractivity contribution in [3.05, 3.63) is 38.7 Å². The van der Waals surface area contributed by atoms with Crippen molar-refractivity contribution in [1.82, 2.24) is 0 Å². The summed E-state index contributed by atoms with van der Waals surface area (Å²) < 4.78 is 10.3. The highest BCUT2D eigenvalue weighted by molar-refractivity contribution is 6.58. The fourth-order valence-electron chi connectivity index (χ4n) is 1.30. The van der Waals surface area contributed by atoms with E-state index in [1.54, 1.807) is 18.2 Å². The van der Waals surface area contributed by atoms with Crippen LogP contribution in [-0.4, -0.2) is 0 Å². The number of ether oxygens (including phenoxy) is 2. The average molecular weight is 313 g/mol. The summed E-state index contributed by atoms with van der Waals surface area (Å²) in [5.74, 6) is 0.558. The molecule has 0 atom stereocenters. The van der Waals surface area contributed by atoms with Crippen LogP contribution in [0.2, 0.25) is 0 Å². The fourth-order valence-corrected chi connectivity index (χ4v) is 1.74. The van der Waals surface area contributed by atoms with Crippen molar-refractivity contribution >= 4 is 57.9 Å². The van der Waals surface area contributed by atoms with Crippen molar-refractivity contribution in [2.45, 2.75) is 0 Å². The summed E-state index contributed by atoms with van der Waals surface area (Å²) in [5, 5.41) is 0. The van der Waals surface area contributed by atoms with Gasteiger partial charge in [-0.05, 0) is 18.2 Å². The number of halogens is 4. The summed E-state index contributed by atoms with van der Waals surface area (Å²) in [6.45, 7) is 0. The maximum atomic E-state index is 5.72. The van der Waals surface area contributed by atoms with Crippen molar-refractivity contribution in [2.24, 2.45) is 0 Å². The van der Waals surface area contributed by atoms with E-state index in [1.807, 2.05) is 0 Å². The molecule has 1 heterocycles. The van der Waals surface area contributed by atoms with E-state index < -0.39 is 0 Å². The lowest BCUT2D eigenvalue weighted by atomic mass is 10.1. The van der Waals surface area contributed by atoms with Gasteiger partial charge in [-0.3, -0.25) is 0 Å². The van der Waals surface area contributed by atoms with Crippen molar-refractivity contribution in [3.8, 4) is 5.75 Å². The molecule has 0 saturated carbocycles. The number of benzene rings is 1. The Kier molecular flexibility index (Phi) is 3.64. The molecule has 0 spiro atoms. The van der Waals surface area contributed by atoms with Gasteiger partial charge in [-0.2, -0.15) is 0 Å². The molecule has 17 heavy (non-hydrogen) atoms. The van der Waals surface area contributed by atoms with Gasteiger partial charge < -0.3 is 15.2 Å². The van der Waals surface area contributed by atoms with Gasteiger partial charge in [0.1, 0.15) is 10.2 Å². The van der Waals surface area contributed by atoms with Gasteiger partial charge in [-0.15, -0.1) is 0 Å². The van der Waals surface area contributed by atoms with Gasteiger partial charge in [0.25, 0.3) is 0 Å². The van der Waals surface area contributed by atoms with E-state index in [4.69, 9.17) is 61.6 Å². The summed E-state index contributed by atoms with van der Waals surface area (Å²) in [6.07, 6.45) is 0. The second-order valence-electron chi connectivity index (χ2n) is 3.10. The minimum Gasteiger partial charge on any atom is -0.423 e. The summed E-state index contributed by atoms with van der Waals surface area (Å²) in [5.41, 5.74) is 6.71. The van der Waals surface area contributed by atoms with Crippen LogP contribution >= 0.6 is 46.4 Å². The molecule has 3 nitrogen and oxygen atoms in total. The van der Waals surface area contributed by atoms with E-state index in [2.05, 4.69) is 0 Å². The molecule has 1 aromatic carbocycles. The quantitative estimate of drug-likeness (QED) is 0.723. The molecule has 1 aromatic rings. The lowest BCUT2D eigenvalue weighted by Gasteiger charge is -2.22. The van der Waals surface area contributed by atoms with Crippen LogP contribution in [-0.2, 0) is 4.74 Å². The Labute approximate surface area is 117 Å². The fraction of sp³-hybridized carbons (Fsp3) is 0. The van der Waals surface area contributed by atoms with Crippen LogP contribution in [0.4, 0.5) is 5.69 Å². The first-order valence-corrected chi connectivity index (χ1v) is 5.86.